The first-order valence-electron chi connectivity index (χ1n) is 9.78. The van der Waals surface area contributed by atoms with Gasteiger partial charge in [-0.1, -0.05) is 37.6 Å². The minimum atomic E-state index is -0.330. The zero-order valence-corrected chi connectivity index (χ0v) is 18.6. The van der Waals surface area contributed by atoms with Gasteiger partial charge in [-0.25, -0.2) is 4.98 Å². The molecule has 0 spiro atoms. The summed E-state index contributed by atoms with van der Waals surface area (Å²) in [5, 5.41) is 6.32. The molecular weight excluding hydrogens is 430 g/mol. The maximum Gasteiger partial charge on any atom is 0.257 e. The number of anilines is 1. The molecule has 0 aliphatic rings. The van der Waals surface area contributed by atoms with Crippen LogP contribution in [0.5, 0.6) is 0 Å². The van der Waals surface area contributed by atoms with Gasteiger partial charge < -0.3 is 9.73 Å². The van der Waals surface area contributed by atoms with Crippen LogP contribution in [-0.2, 0) is 0 Å². The summed E-state index contributed by atoms with van der Waals surface area (Å²) < 4.78 is 5.90. The van der Waals surface area contributed by atoms with E-state index in [0.29, 0.717) is 22.4 Å². The fourth-order valence-corrected chi connectivity index (χ4v) is 3.49. The summed E-state index contributed by atoms with van der Waals surface area (Å²) in [4.78, 5) is 16.9. The molecular formula is C24H20ClN3O2S. The number of carbonyl (C=O) groups excluding carboxylic acids is 1. The monoisotopic (exact) mass is 449 g/mol. The average Bonchev–Trinajstić information content (AvgIpc) is 3.17. The van der Waals surface area contributed by atoms with E-state index in [2.05, 4.69) is 41.6 Å². The summed E-state index contributed by atoms with van der Waals surface area (Å²) >= 11 is 11.2. The van der Waals surface area contributed by atoms with Crippen molar-refractivity contribution in [2.45, 2.75) is 19.8 Å². The fraction of sp³-hybridized carbons (Fsp3) is 0.125. The molecule has 4 rings (SSSR count). The Labute approximate surface area is 190 Å². The van der Waals surface area contributed by atoms with Crippen molar-refractivity contribution >= 4 is 51.6 Å². The number of hydrogen-bond donors (Lipinski definition) is 2. The number of aromatic nitrogens is 1. The minimum Gasteiger partial charge on any atom is -0.436 e. The molecule has 0 saturated carbocycles. The molecule has 1 heterocycles. The third-order valence-corrected chi connectivity index (χ3v) is 5.22. The van der Waals surface area contributed by atoms with E-state index < -0.39 is 0 Å². The number of carbonyl (C=O) groups is 1. The molecule has 0 atom stereocenters. The second-order valence-corrected chi connectivity index (χ2v) is 8.24. The van der Waals surface area contributed by atoms with Crippen molar-refractivity contribution in [1.82, 2.24) is 10.3 Å². The summed E-state index contributed by atoms with van der Waals surface area (Å²) in [5.74, 6) is 0.654. The number of nitrogens with one attached hydrogen (secondary N) is 2. The van der Waals surface area contributed by atoms with Crippen LogP contribution in [0, 0.1) is 0 Å². The molecule has 31 heavy (non-hydrogen) atoms. The lowest BCUT2D eigenvalue weighted by molar-refractivity contribution is 0.0977. The van der Waals surface area contributed by atoms with E-state index in [0.717, 1.165) is 22.4 Å². The Kier molecular flexibility index (Phi) is 6.02. The van der Waals surface area contributed by atoms with Gasteiger partial charge in [0.25, 0.3) is 5.91 Å². The quantitative estimate of drug-likeness (QED) is 0.353. The first-order chi connectivity index (χ1) is 14.9. The van der Waals surface area contributed by atoms with Gasteiger partial charge >= 0.3 is 0 Å². The molecule has 0 bridgehead atoms. The molecule has 0 fully saturated rings. The smallest absolute Gasteiger partial charge is 0.257 e. The molecule has 0 radical (unpaired) electrons. The van der Waals surface area contributed by atoms with Crippen molar-refractivity contribution < 1.29 is 9.21 Å². The molecule has 156 valence electrons. The summed E-state index contributed by atoms with van der Waals surface area (Å²) in [6.45, 7) is 4.30. The van der Waals surface area contributed by atoms with Crippen LogP contribution in [0.1, 0.15) is 35.7 Å². The molecule has 0 unspecified atom stereocenters. The number of rotatable bonds is 4. The highest BCUT2D eigenvalue weighted by Gasteiger charge is 2.11. The SMILES string of the molecule is CC(C)c1ccc2oc(-c3ccc(NC(=S)NC(=O)c4cccc(Cl)c4)cc3)nc2c1. The molecule has 0 aliphatic heterocycles. The highest BCUT2D eigenvalue weighted by Crippen LogP contribution is 2.27. The van der Waals surface area contributed by atoms with Gasteiger partial charge in [0.2, 0.25) is 5.89 Å². The van der Waals surface area contributed by atoms with Crippen LogP contribution < -0.4 is 10.6 Å². The van der Waals surface area contributed by atoms with Crippen molar-refractivity contribution in [3.63, 3.8) is 0 Å². The van der Waals surface area contributed by atoms with Gasteiger partial charge in [-0.2, -0.15) is 0 Å². The topological polar surface area (TPSA) is 67.2 Å². The zero-order chi connectivity index (χ0) is 22.0. The van der Waals surface area contributed by atoms with Gasteiger partial charge in [0.15, 0.2) is 10.7 Å². The van der Waals surface area contributed by atoms with E-state index in [1.807, 2.05) is 30.3 Å². The Bertz CT molecular complexity index is 1270. The molecule has 1 aromatic heterocycles. The number of nitrogens with zero attached hydrogens (tertiary/aromatic N) is 1. The first kappa shape index (κ1) is 21.0. The van der Waals surface area contributed by atoms with Crippen molar-refractivity contribution in [3.05, 3.63) is 82.9 Å². The number of halogens is 1. The maximum absolute atomic E-state index is 12.3. The number of hydrogen-bond acceptors (Lipinski definition) is 4. The summed E-state index contributed by atoms with van der Waals surface area (Å²) in [6, 6.07) is 20.2. The van der Waals surface area contributed by atoms with E-state index in [1.165, 1.54) is 5.56 Å². The molecule has 7 heteroatoms. The normalized spacial score (nSPS) is 11.0. The number of oxazole rings is 1. The van der Waals surface area contributed by atoms with Crippen LogP contribution in [0.25, 0.3) is 22.6 Å². The Hall–Kier alpha value is -3.22. The minimum absolute atomic E-state index is 0.195. The largest absolute Gasteiger partial charge is 0.436 e. The fourth-order valence-electron chi connectivity index (χ4n) is 3.09. The molecule has 1 amide bonds. The molecule has 4 aromatic rings. The Balaban J connectivity index is 1.44. The molecule has 5 nitrogen and oxygen atoms in total. The van der Waals surface area contributed by atoms with E-state index in [1.54, 1.807) is 24.3 Å². The van der Waals surface area contributed by atoms with Crippen LogP contribution in [0.4, 0.5) is 5.69 Å². The van der Waals surface area contributed by atoms with Gasteiger partial charge in [0, 0.05) is 21.8 Å². The van der Waals surface area contributed by atoms with Crippen LogP contribution in [0.15, 0.2) is 71.1 Å². The lowest BCUT2D eigenvalue weighted by atomic mass is 10.0. The van der Waals surface area contributed by atoms with Crippen LogP contribution in [0.3, 0.4) is 0 Å². The third-order valence-electron chi connectivity index (χ3n) is 4.78. The highest BCUT2D eigenvalue weighted by molar-refractivity contribution is 7.80. The zero-order valence-electron chi connectivity index (χ0n) is 17.0. The Morgan fingerprint density at radius 3 is 2.55 bits per heavy atom. The lowest BCUT2D eigenvalue weighted by Gasteiger charge is -2.10. The number of benzene rings is 3. The van der Waals surface area contributed by atoms with Gasteiger partial charge in [-0.3, -0.25) is 10.1 Å². The second-order valence-electron chi connectivity index (χ2n) is 7.40. The van der Waals surface area contributed by atoms with Crippen molar-refractivity contribution in [2.24, 2.45) is 0 Å². The van der Waals surface area contributed by atoms with Gasteiger partial charge in [-0.15, -0.1) is 0 Å². The highest BCUT2D eigenvalue weighted by atomic mass is 35.5. The summed E-state index contributed by atoms with van der Waals surface area (Å²) in [5.41, 5.74) is 4.84. The summed E-state index contributed by atoms with van der Waals surface area (Å²) in [6.07, 6.45) is 0. The number of fused-ring (bicyclic) bond motifs is 1. The number of thiocarbonyl (C=S) groups is 1. The van der Waals surface area contributed by atoms with E-state index in [-0.39, 0.29) is 11.0 Å². The van der Waals surface area contributed by atoms with E-state index >= 15 is 0 Å². The molecule has 0 saturated heterocycles. The maximum atomic E-state index is 12.3. The van der Waals surface area contributed by atoms with Crippen molar-refractivity contribution in [3.8, 4) is 11.5 Å². The predicted octanol–water partition coefficient (Wildman–Crippen LogP) is 6.40. The van der Waals surface area contributed by atoms with Crippen LogP contribution in [0.2, 0.25) is 5.02 Å². The molecule has 3 aromatic carbocycles. The Morgan fingerprint density at radius 2 is 1.84 bits per heavy atom. The summed E-state index contributed by atoms with van der Waals surface area (Å²) in [7, 11) is 0. The molecule has 2 N–H and O–H groups in total. The predicted molar refractivity (Wildman–Crippen MR) is 129 cm³/mol. The number of amides is 1. The second kappa shape index (κ2) is 8.88. The van der Waals surface area contributed by atoms with Crippen LogP contribution in [-0.4, -0.2) is 16.0 Å². The van der Waals surface area contributed by atoms with Gasteiger partial charge in [0.1, 0.15) is 5.52 Å². The van der Waals surface area contributed by atoms with Crippen molar-refractivity contribution in [1.29, 1.82) is 0 Å². The van der Waals surface area contributed by atoms with E-state index in [9.17, 15) is 4.79 Å². The van der Waals surface area contributed by atoms with Gasteiger partial charge in [0.05, 0.1) is 0 Å². The molecule has 0 aliphatic carbocycles. The third kappa shape index (κ3) is 4.93. The average molecular weight is 450 g/mol. The van der Waals surface area contributed by atoms with Crippen LogP contribution >= 0.6 is 23.8 Å². The lowest BCUT2D eigenvalue weighted by Crippen LogP contribution is -2.34. The Morgan fingerprint density at radius 1 is 1.06 bits per heavy atom. The van der Waals surface area contributed by atoms with Gasteiger partial charge in [-0.05, 0) is 78.3 Å². The standard InChI is InChI=1S/C24H20ClN3O2S/c1-14(2)16-8-11-21-20(13-16)27-23(30-21)15-6-9-19(10-7-15)26-24(31)28-22(29)17-4-3-5-18(25)12-17/h3-14H,1-2H3,(H2,26,28,29,31). The van der Waals surface area contributed by atoms with E-state index in [4.69, 9.17) is 28.2 Å². The van der Waals surface area contributed by atoms with Crippen molar-refractivity contribution in [2.75, 3.05) is 5.32 Å². The first-order valence-corrected chi connectivity index (χ1v) is 10.6.